The van der Waals surface area contributed by atoms with Gasteiger partial charge in [0, 0.05) is 25.6 Å². The molecule has 3 aromatic rings. The van der Waals surface area contributed by atoms with Crippen molar-refractivity contribution in [1.29, 1.82) is 0 Å². The highest BCUT2D eigenvalue weighted by Gasteiger charge is 2.26. The molecule has 2 aromatic carbocycles. The monoisotopic (exact) mass is 423 g/mol. The number of piperidine rings is 1. The number of hydrogen-bond acceptors (Lipinski definition) is 5. The van der Waals surface area contributed by atoms with Gasteiger partial charge in [0.25, 0.3) is 0 Å². The summed E-state index contributed by atoms with van der Waals surface area (Å²) in [5.41, 5.74) is 2.27. The molecule has 0 N–H and O–H groups in total. The first-order valence-electron chi connectivity index (χ1n) is 10.7. The fraction of sp³-hybridized carbons (Fsp3) is 0.417. The van der Waals surface area contributed by atoms with Gasteiger partial charge in [-0.2, -0.15) is 0 Å². The summed E-state index contributed by atoms with van der Waals surface area (Å²) in [6, 6.07) is 16.4. The predicted molar refractivity (Wildman–Crippen MR) is 122 cm³/mol. The number of nitrogens with zero attached hydrogens (tertiary/aromatic N) is 3. The standard InChI is InChI=1S/C24H29N3O2S/c1-3-29-20-10-8-18(9-11-20)16-26(2)17-23(28)27-14-12-19(13-15-27)24-25-21-6-4-5-7-22(21)30-24/h4-11,19H,3,12-17H2,1-2H3. The Balaban J connectivity index is 1.26. The zero-order valence-electron chi connectivity index (χ0n) is 17.7. The summed E-state index contributed by atoms with van der Waals surface area (Å²) in [4.78, 5) is 21.7. The van der Waals surface area contributed by atoms with Gasteiger partial charge in [0.05, 0.1) is 28.4 Å². The average Bonchev–Trinajstić information content (AvgIpc) is 3.20. The van der Waals surface area contributed by atoms with Crippen molar-refractivity contribution >= 4 is 27.5 Å². The minimum absolute atomic E-state index is 0.214. The van der Waals surface area contributed by atoms with Crippen molar-refractivity contribution in [1.82, 2.24) is 14.8 Å². The molecule has 6 heteroatoms. The Bertz CT molecular complexity index is 945. The molecule has 1 fully saturated rings. The summed E-state index contributed by atoms with van der Waals surface area (Å²) in [6.07, 6.45) is 1.99. The number of aromatic nitrogens is 1. The Morgan fingerprint density at radius 1 is 1.17 bits per heavy atom. The minimum atomic E-state index is 0.214. The van der Waals surface area contributed by atoms with E-state index in [9.17, 15) is 4.79 Å². The van der Waals surface area contributed by atoms with Gasteiger partial charge in [-0.1, -0.05) is 24.3 Å². The van der Waals surface area contributed by atoms with Crippen molar-refractivity contribution in [3.05, 3.63) is 59.1 Å². The van der Waals surface area contributed by atoms with Crippen LogP contribution in [0.25, 0.3) is 10.2 Å². The number of ether oxygens (including phenoxy) is 1. The number of carbonyl (C=O) groups is 1. The fourth-order valence-electron chi connectivity index (χ4n) is 4.00. The molecular weight excluding hydrogens is 394 g/mol. The number of benzene rings is 2. The summed E-state index contributed by atoms with van der Waals surface area (Å²) >= 11 is 1.80. The lowest BCUT2D eigenvalue weighted by Gasteiger charge is -2.32. The van der Waals surface area contributed by atoms with Crippen LogP contribution in [0.2, 0.25) is 0 Å². The average molecular weight is 424 g/mol. The molecular formula is C24H29N3O2S. The molecule has 4 rings (SSSR count). The Hall–Kier alpha value is -2.44. The topological polar surface area (TPSA) is 45.7 Å². The van der Waals surface area contributed by atoms with Crippen LogP contribution in [0, 0.1) is 0 Å². The van der Waals surface area contributed by atoms with Crippen molar-refractivity contribution in [2.45, 2.75) is 32.2 Å². The molecule has 1 saturated heterocycles. The molecule has 158 valence electrons. The molecule has 0 bridgehead atoms. The third kappa shape index (κ3) is 4.99. The second-order valence-electron chi connectivity index (χ2n) is 7.92. The predicted octanol–water partition coefficient (Wildman–Crippen LogP) is 4.53. The van der Waals surface area contributed by atoms with E-state index in [2.05, 4.69) is 35.2 Å². The van der Waals surface area contributed by atoms with Gasteiger partial charge in [0.1, 0.15) is 5.75 Å². The highest BCUT2D eigenvalue weighted by molar-refractivity contribution is 7.18. The number of likely N-dealkylation sites (tertiary alicyclic amines) is 1. The first-order valence-corrected chi connectivity index (χ1v) is 11.5. The van der Waals surface area contributed by atoms with Crippen LogP contribution < -0.4 is 4.74 Å². The van der Waals surface area contributed by atoms with Crippen LogP contribution in [-0.2, 0) is 11.3 Å². The van der Waals surface area contributed by atoms with Crippen LogP contribution in [0.4, 0.5) is 0 Å². The summed E-state index contributed by atoms with van der Waals surface area (Å²) in [6.45, 7) is 5.48. The van der Waals surface area contributed by atoms with Crippen molar-refractivity contribution in [3.8, 4) is 5.75 Å². The van der Waals surface area contributed by atoms with Gasteiger partial charge < -0.3 is 9.64 Å². The third-order valence-electron chi connectivity index (χ3n) is 5.60. The highest BCUT2D eigenvalue weighted by atomic mass is 32.1. The number of rotatable bonds is 7. The van der Waals surface area contributed by atoms with Crippen LogP contribution in [0.3, 0.4) is 0 Å². The smallest absolute Gasteiger partial charge is 0.236 e. The second-order valence-corrected chi connectivity index (χ2v) is 8.99. The molecule has 1 amide bonds. The van der Waals surface area contributed by atoms with Crippen LogP contribution in [-0.4, -0.2) is 54.0 Å². The van der Waals surface area contributed by atoms with Gasteiger partial charge in [-0.25, -0.2) is 4.98 Å². The maximum atomic E-state index is 12.8. The van der Waals surface area contributed by atoms with E-state index in [0.717, 1.165) is 43.7 Å². The maximum Gasteiger partial charge on any atom is 0.236 e. The maximum absolute atomic E-state index is 12.8. The Labute approximate surface area is 182 Å². The molecule has 0 saturated carbocycles. The molecule has 1 aromatic heterocycles. The lowest BCUT2D eigenvalue weighted by Crippen LogP contribution is -2.42. The summed E-state index contributed by atoms with van der Waals surface area (Å²) in [5.74, 6) is 1.56. The molecule has 0 aliphatic carbocycles. The molecule has 30 heavy (non-hydrogen) atoms. The van der Waals surface area contributed by atoms with Crippen molar-refractivity contribution in [3.63, 3.8) is 0 Å². The Kier molecular flexibility index (Phi) is 6.65. The van der Waals surface area contributed by atoms with Gasteiger partial charge in [-0.05, 0) is 56.6 Å². The normalized spacial score (nSPS) is 15.1. The summed E-state index contributed by atoms with van der Waals surface area (Å²) in [7, 11) is 2.00. The number of fused-ring (bicyclic) bond motifs is 1. The number of likely N-dealkylation sites (N-methyl/N-ethyl adjacent to an activating group) is 1. The summed E-state index contributed by atoms with van der Waals surface area (Å²) < 4.78 is 6.74. The van der Waals surface area contributed by atoms with E-state index in [1.165, 1.54) is 15.3 Å². The molecule has 0 radical (unpaired) electrons. The first kappa shape index (κ1) is 20.8. The van der Waals surface area contributed by atoms with E-state index in [1.807, 2.05) is 37.1 Å². The molecule has 0 spiro atoms. The number of amides is 1. The molecule has 1 aliphatic rings. The minimum Gasteiger partial charge on any atom is -0.494 e. The number of hydrogen-bond donors (Lipinski definition) is 0. The highest BCUT2D eigenvalue weighted by Crippen LogP contribution is 2.33. The van der Waals surface area contributed by atoms with Crippen molar-refractivity contribution in [2.24, 2.45) is 0 Å². The zero-order chi connectivity index (χ0) is 20.9. The lowest BCUT2D eigenvalue weighted by molar-refractivity contribution is -0.133. The SMILES string of the molecule is CCOc1ccc(CN(C)CC(=O)N2CCC(c3nc4ccccc4s3)CC2)cc1. The number of para-hydroxylation sites is 1. The van der Waals surface area contributed by atoms with E-state index in [0.29, 0.717) is 19.1 Å². The van der Waals surface area contributed by atoms with E-state index >= 15 is 0 Å². The van der Waals surface area contributed by atoms with Crippen LogP contribution in [0.1, 0.15) is 36.3 Å². The van der Waals surface area contributed by atoms with E-state index in [1.54, 1.807) is 11.3 Å². The largest absolute Gasteiger partial charge is 0.494 e. The van der Waals surface area contributed by atoms with Crippen LogP contribution >= 0.6 is 11.3 Å². The van der Waals surface area contributed by atoms with Crippen LogP contribution in [0.5, 0.6) is 5.75 Å². The summed E-state index contributed by atoms with van der Waals surface area (Å²) in [5, 5.41) is 1.22. The molecule has 0 atom stereocenters. The lowest BCUT2D eigenvalue weighted by atomic mass is 9.97. The number of thiazole rings is 1. The van der Waals surface area contributed by atoms with E-state index in [4.69, 9.17) is 9.72 Å². The quantitative estimate of drug-likeness (QED) is 0.560. The van der Waals surface area contributed by atoms with Crippen molar-refractivity contribution in [2.75, 3.05) is 33.3 Å². The van der Waals surface area contributed by atoms with Gasteiger partial charge in [0.15, 0.2) is 0 Å². The van der Waals surface area contributed by atoms with Crippen molar-refractivity contribution < 1.29 is 9.53 Å². The number of carbonyl (C=O) groups excluding carboxylic acids is 1. The van der Waals surface area contributed by atoms with Gasteiger partial charge in [-0.3, -0.25) is 9.69 Å². The van der Waals surface area contributed by atoms with Gasteiger partial charge in [0.2, 0.25) is 5.91 Å². The Morgan fingerprint density at radius 3 is 2.60 bits per heavy atom. The van der Waals surface area contributed by atoms with Gasteiger partial charge >= 0.3 is 0 Å². The molecule has 5 nitrogen and oxygen atoms in total. The van der Waals surface area contributed by atoms with Gasteiger partial charge in [-0.15, -0.1) is 11.3 Å². The first-order chi connectivity index (χ1) is 14.6. The fourth-order valence-corrected chi connectivity index (χ4v) is 5.13. The second kappa shape index (κ2) is 9.58. The molecule has 1 aliphatic heterocycles. The molecule has 2 heterocycles. The van der Waals surface area contributed by atoms with Crippen LogP contribution in [0.15, 0.2) is 48.5 Å². The zero-order valence-corrected chi connectivity index (χ0v) is 18.5. The Morgan fingerprint density at radius 2 is 1.90 bits per heavy atom. The van der Waals surface area contributed by atoms with E-state index in [-0.39, 0.29) is 5.91 Å². The third-order valence-corrected chi connectivity index (χ3v) is 6.80. The van der Waals surface area contributed by atoms with E-state index < -0.39 is 0 Å². The molecule has 0 unspecified atom stereocenters.